The summed E-state index contributed by atoms with van der Waals surface area (Å²) in [6.07, 6.45) is 4.04. The predicted molar refractivity (Wildman–Crippen MR) is 128 cm³/mol. The van der Waals surface area contributed by atoms with Gasteiger partial charge in [-0.2, -0.15) is 0 Å². The number of benzene rings is 2. The summed E-state index contributed by atoms with van der Waals surface area (Å²) in [5.41, 5.74) is 3.09. The van der Waals surface area contributed by atoms with Gasteiger partial charge in [0.25, 0.3) is 0 Å². The molecule has 1 N–H and O–H groups in total. The van der Waals surface area contributed by atoms with Crippen molar-refractivity contribution < 1.29 is 9.53 Å². The van der Waals surface area contributed by atoms with Crippen LogP contribution < -0.4 is 5.32 Å². The number of nitrogens with one attached hydrogen (secondary N) is 1. The van der Waals surface area contributed by atoms with Gasteiger partial charge in [-0.25, -0.2) is 0 Å². The van der Waals surface area contributed by atoms with Crippen molar-refractivity contribution in [1.82, 2.24) is 10.2 Å². The van der Waals surface area contributed by atoms with Crippen molar-refractivity contribution in [3.63, 3.8) is 0 Å². The van der Waals surface area contributed by atoms with E-state index in [9.17, 15) is 4.79 Å². The molecule has 1 unspecified atom stereocenters. The van der Waals surface area contributed by atoms with Crippen molar-refractivity contribution in [2.45, 2.75) is 51.1 Å². The highest BCUT2D eigenvalue weighted by atomic mass is 79.9. The topological polar surface area (TPSA) is 41.6 Å². The van der Waals surface area contributed by atoms with Gasteiger partial charge in [-0.05, 0) is 67.0 Å². The van der Waals surface area contributed by atoms with Crippen LogP contribution in [-0.2, 0) is 28.0 Å². The van der Waals surface area contributed by atoms with Crippen LogP contribution in [0.25, 0.3) is 0 Å². The van der Waals surface area contributed by atoms with Crippen LogP contribution in [0.1, 0.15) is 49.3 Å². The molecule has 0 aromatic heterocycles. The largest absolute Gasteiger partial charge is 0.381 e. The number of hydrogen-bond donors (Lipinski definition) is 1. The summed E-state index contributed by atoms with van der Waals surface area (Å²) in [6.45, 7) is 7.43. The fourth-order valence-electron chi connectivity index (χ4n) is 5.04. The Kier molecular flexibility index (Phi) is 7.47. The minimum absolute atomic E-state index is 0.111. The molecular weight excluding hydrogens is 452 g/mol. The lowest BCUT2D eigenvalue weighted by molar-refractivity contribution is -0.130. The lowest BCUT2D eigenvalue weighted by Crippen LogP contribution is -2.47. The van der Waals surface area contributed by atoms with E-state index in [1.165, 1.54) is 24.0 Å². The number of ether oxygens (including phenoxy) is 1. The fraction of sp³-hybridized carbons (Fsp3) is 0.500. The third kappa shape index (κ3) is 5.39. The van der Waals surface area contributed by atoms with Crippen molar-refractivity contribution in [1.29, 1.82) is 0 Å². The monoisotopic (exact) mass is 484 g/mol. The average molecular weight is 485 g/mol. The van der Waals surface area contributed by atoms with E-state index in [1.54, 1.807) is 0 Å². The van der Waals surface area contributed by atoms with Gasteiger partial charge in [0, 0.05) is 37.3 Å². The Hall–Kier alpha value is -1.69. The van der Waals surface area contributed by atoms with Crippen LogP contribution in [0.4, 0.5) is 0 Å². The summed E-state index contributed by atoms with van der Waals surface area (Å²) in [5, 5.41) is 3.28. The molecule has 2 heterocycles. The van der Waals surface area contributed by atoms with E-state index in [0.717, 1.165) is 35.6 Å². The molecule has 31 heavy (non-hydrogen) atoms. The molecule has 0 saturated carbocycles. The van der Waals surface area contributed by atoms with Crippen molar-refractivity contribution in [2.24, 2.45) is 5.92 Å². The summed E-state index contributed by atoms with van der Waals surface area (Å²) in [5.74, 6) is 0.874. The Balaban J connectivity index is 1.47. The Bertz CT molecular complexity index is 877. The summed E-state index contributed by atoms with van der Waals surface area (Å²) in [7, 11) is 0. The Morgan fingerprint density at radius 3 is 2.55 bits per heavy atom. The molecule has 2 aliphatic heterocycles. The van der Waals surface area contributed by atoms with Gasteiger partial charge >= 0.3 is 0 Å². The molecule has 5 heteroatoms. The van der Waals surface area contributed by atoms with Crippen molar-refractivity contribution >= 4 is 21.8 Å². The number of hydrogen-bond acceptors (Lipinski definition) is 3. The molecule has 0 bridgehead atoms. The van der Waals surface area contributed by atoms with Gasteiger partial charge < -0.3 is 10.1 Å². The zero-order valence-corrected chi connectivity index (χ0v) is 20.0. The van der Waals surface area contributed by atoms with Crippen LogP contribution in [0.15, 0.2) is 53.0 Å². The van der Waals surface area contributed by atoms with E-state index >= 15 is 0 Å². The minimum atomic E-state index is -0.518. The van der Waals surface area contributed by atoms with E-state index < -0.39 is 5.41 Å². The highest BCUT2D eigenvalue weighted by Gasteiger charge is 2.41. The first-order chi connectivity index (χ1) is 15.1. The lowest BCUT2D eigenvalue weighted by atomic mass is 9.73. The van der Waals surface area contributed by atoms with Crippen LogP contribution in [-0.4, -0.2) is 37.1 Å². The predicted octanol–water partition coefficient (Wildman–Crippen LogP) is 5.05. The van der Waals surface area contributed by atoms with Crippen LogP contribution >= 0.6 is 15.9 Å². The third-order valence-electron chi connectivity index (χ3n) is 6.87. The molecule has 166 valence electrons. The number of amides is 1. The number of rotatable bonds is 6. The van der Waals surface area contributed by atoms with Gasteiger partial charge in [-0.15, -0.1) is 0 Å². The van der Waals surface area contributed by atoms with E-state index in [4.69, 9.17) is 4.74 Å². The third-order valence-corrected chi connectivity index (χ3v) is 7.40. The number of nitrogens with zero attached hydrogens (tertiary/aromatic N) is 1. The minimum Gasteiger partial charge on any atom is -0.381 e. The molecule has 4 nitrogen and oxygen atoms in total. The van der Waals surface area contributed by atoms with Gasteiger partial charge in [0.05, 0.1) is 5.41 Å². The number of carbonyl (C=O) groups excluding carboxylic acids is 1. The second-order valence-electron chi connectivity index (χ2n) is 9.14. The standard InChI is InChI=1S/C26H33BrN2O2/c1-20-5-4-14-29(18-20)19-22-7-3-2-6-21(22)17-28-25(30)26(12-15-31-16-13-26)23-8-10-24(27)11-9-23/h2-3,6-11,20H,4-5,12-19H2,1H3,(H,28,30). The molecule has 1 atom stereocenters. The van der Waals surface area contributed by atoms with Crippen LogP contribution in [0.2, 0.25) is 0 Å². The molecule has 0 aliphatic carbocycles. The van der Waals surface area contributed by atoms with Gasteiger partial charge in [0.1, 0.15) is 0 Å². The Morgan fingerprint density at radius 2 is 1.84 bits per heavy atom. The first-order valence-electron chi connectivity index (χ1n) is 11.5. The highest BCUT2D eigenvalue weighted by Crippen LogP contribution is 2.36. The Labute approximate surface area is 194 Å². The molecule has 2 aliphatic rings. The SMILES string of the molecule is CC1CCCN(Cc2ccccc2CNC(=O)C2(c3ccc(Br)cc3)CCOCC2)C1. The summed E-state index contributed by atoms with van der Waals surface area (Å²) in [4.78, 5) is 16.1. The molecule has 1 amide bonds. The molecule has 2 saturated heterocycles. The van der Waals surface area contributed by atoms with Gasteiger partial charge in [-0.1, -0.05) is 59.3 Å². The quantitative estimate of drug-likeness (QED) is 0.623. The number of carbonyl (C=O) groups is 1. The van der Waals surface area contributed by atoms with E-state index in [1.807, 2.05) is 12.1 Å². The Morgan fingerprint density at radius 1 is 1.13 bits per heavy atom. The number of halogens is 1. The van der Waals surface area contributed by atoms with Crippen LogP contribution in [0.5, 0.6) is 0 Å². The van der Waals surface area contributed by atoms with E-state index in [2.05, 4.69) is 69.5 Å². The second kappa shape index (κ2) is 10.3. The molecule has 2 aromatic carbocycles. The first kappa shape index (κ1) is 22.5. The van der Waals surface area contributed by atoms with Crippen molar-refractivity contribution in [3.05, 3.63) is 69.7 Å². The molecule has 2 aromatic rings. The summed E-state index contributed by atoms with van der Waals surface area (Å²) in [6, 6.07) is 16.7. The maximum Gasteiger partial charge on any atom is 0.231 e. The number of likely N-dealkylation sites (tertiary alicyclic amines) is 1. The van der Waals surface area contributed by atoms with Crippen molar-refractivity contribution in [2.75, 3.05) is 26.3 Å². The van der Waals surface area contributed by atoms with Crippen LogP contribution in [0.3, 0.4) is 0 Å². The zero-order chi connectivity index (χ0) is 21.7. The lowest BCUT2D eigenvalue weighted by Gasteiger charge is -2.36. The molecule has 2 fully saturated rings. The molecule has 0 radical (unpaired) electrons. The van der Waals surface area contributed by atoms with Gasteiger partial charge in [-0.3, -0.25) is 9.69 Å². The normalized spacial score (nSPS) is 21.5. The summed E-state index contributed by atoms with van der Waals surface area (Å²) < 4.78 is 6.63. The number of piperidine rings is 1. The fourth-order valence-corrected chi connectivity index (χ4v) is 5.30. The molecule has 0 spiro atoms. The average Bonchev–Trinajstić information content (AvgIpc) is 2.79. The summed E-state index contributed by atoms with van der Waals surface area (Å²) >= 11 is 3.51. The second-order valence-corrected chi connectivity index (χ2v) is 10.1. The molecule has 4 rings (SSSR count). The van der Waals surface area contributed by atoms with Gasteiger partial charge in [0.2, 0.25) is 5.91 Å². The zero-order valence-electron chi connectivity index (χ0n) is 18.4. The first-order valence-corrected chi connectivity index (χ1v) is 12.3. The van der Waals surface area contributed by atoms with E-state index in [0.29, 0.717) is 32.6 Å². The van der Waals surface area contributed by atoms with Crippen LogP contribution in [0, 0.1) is 5.92 Å². The maximum absolute atomic E-state index is 13.5. The van der Waals surface area contributed by atoms with Crippen molar-refractivity contribution in [3.8, 4) is 0 Å². The smallest absolute Gasteiger partial charge is 0.231 e. The van der Waals surface area contributed by atoms with E-state index in [-0.39, 0.29) is 5.91 Å². The molecular formula is C26H33BrN2O2. The van der Waals surface area contributed by atoms with Gasteiger partial charge in [0.15, 0.2) is 0 Å². The highest BCUT2D eigenvalue weighted by molar-refractivity contribution is 9.10. The maximum atomic E-state index is 13.5.